The monoisotopic (exact) mass is 246 g/mol. The standard InChI is InChI=1S/C14H18N2S/c1-2-12(9-15)17-14-10-16-8-7-11-5-3-4-6-13(11)14/h3-6,12,14,16H,2,7-8,10H2,1H3. The van der Waals surface area contributed by atoms with Crippen LogP contribution in [0.5, 0.6) is 0 Å². The van der Waals surface area contributed by atoms with Gasteiger partial charge in [-0.25, -0.2) is 0 Å². The van der Waals surface area contributed by atoms with E-state index in [4.69, 9.17) is 5.26 Å². The molecule has 0 amide bonds. The fourth-order valence-corrected chi connectivity index (χ4v) is 3.42. The van der Waals surface area contributed by atoms with Crippen molar-refractivity contribution in [2.45, 2.75) is 30.3 Å². The number of nitrogens with one attached hydrogen (secondary N) is 1. The predicted octanol–water partition coefficient (Wildman–Crippen LogP) is 2.91. The van der Waals surface area contributed by atoms with Crippen molar-refractivity contribution in [2.24, 2.45) is 0 Å². The first kappa shape index (κ1) is 12.5. The van der Waals surface area contributed by atoms with Gasteiger partial charge in [-0.05, 0) is 30.5 Å². The first-order valence-electron chi connectivity index (χ1n) is 6.18. The number of nitrogens with zero attached hydrogens (tertiary/aromatic N) is 1. The number of rotatable bonds is 3. The highest BCUT2D eigenvalue weighted by atomic mass is 32.2. The van der Waals surface area contributed by atoms with Crippen LogP contribution in [0.3, 0.4) is 0 Å². The van der Waals surface area contributed by atoms with Crippen molar-refractivity contribution in [3.05, 3.63) is 35.4 Å². The van der Waals surface area contributed by atoms with Gasteiger partial charge in [0.15, 0.2) is 0 Å². The molecule has 1 aromatic rings. The Morgan fingerprint density at radius 3 is 3.12 bits per heavy atom. The molecule has 0 bridgehead atoms. The Hall–Kier alpha value is -0.980. The number of fused-ring (bicyclic) bond motifs is 1. The van der Waals surface area contributed by atoms with Gasteiger partial charge in [-0.15, -0.1) is 11.8 Å². The van der Waals surface area contributed by atoms with Crippen molar-refractivity contribution in [3.63, 3.8) is 0 Å². The van der Waals surface area contributed by atoms with Crippen molar-refractivity contribution in [1.82, 2.24) is 5.32 Å². The van der Waals surface area contributed by atoms with Crippen molar-refractivity contribution < 1.29 is 0 Å². The summed E-state index contributed by atoms with van der Waals surface area (Å²) in [6, 6.07) is 11.0. The predicted molar refractivity (Wildman–Crippen MR) is 73.0 cm³/mol. The van der Waals surface area contributed by atoms with Gasteiger partial charge in [-0.2, -0.15) is 5.26 Å². The maximum absolute atomic E-state index is 9.08. The summed E-state index contributed by atoms with van der Waals surface area (Å²) in [5.41, 5.74) is 2.85. The quantitative estimate of drug-likeness (QED) is 0.890. The fraction of sp³-hybridized carbons (Fsp3) is 0.500. The molecule has 2 unspecified atom stereocenters. The summed E-state index contributed by atoms with van der Waals surface area (Å²) in [5, 5.41) is 13.1. The molecule has 17 heavy (non-hydrogen) atoms. The summed E-state index contributed by atoms with van der Waals surface area (Å²) in [4.78, 5) is 0. The molecule has 90 valence electrons. The van der Waals surface area contributed by atoms with Crippen molar-refractivity contribution in [1.29, 1.82) is 5.26 Å². The summed E-state index contributed by atoms with van der Waals surface area (Å²) in [7, 11) is 0. The van der Waals surface area contributed by atoms with Crippen LogP contribution in [-0.4, -0.2) is 18.3 Å². The average Bonchev–Trinajstić information content (AvgIpc) is 2.58. The van der Waals surface area contributed by atoms with Gasteiger partial charge in [0.25, 0.3) is 0 Å². The van der Waals surface area contributed by atoms with Gasteiger partial charge in [-0.3, -0.25) is 0 Å². The van der Waals surface area contributed by atoms with Crippen molar-refractivity contribution in [2.75, 3.05) is 13.1 Å². The largest absolute Gasteiger partial charge is 0.315 e. The molecule has 1 aromatic carbocycles. The van der Waals surface area contributed by atoms with E-state index < -0.39 is 0 Å². The van der Waals surface area contributed by atoms with E-state index in [0.29, 0.717) is 5.25 Å². The highest BCUT2D eigenvalue weighted by Crippen LogP contribution is 2.35. The Labute approximate surface area is 107 Å². The second-order valence-electron chi connectivity index (χ2n) is 4.30. The number of nitriles is 1. The normalized spacial score (nSPS) is 21.1. The summed E-state index contributed by atoms with van der Waals surface area (Å²) in [5.74, 6) is 0. The van der Waals surface area contributed by atoms with Gasteiger partial charge >= 0.3 is 0 Å². The molecule has 1 heterocycles. The van der Waals surface area contributed by atoms with Crippen LogP contribution in [0, 0.1) is 11.3 Å². The van der Waals surface area contributed by atoms with Crippen LogP contribution in [0.15, 0.2) is 24.3 Å². The second kappa shape index (κ2) is 6.09. The molecule has 0 aliphatic carbocycles. The van der Waals surface area contributed by atoms with Crippen LogP contribution >= 0.6 is 11.8 Å². The molecule has 0 radical (unpaired) electrons. The molecule has 2 nitrogen and oxygen atoms in total. The number of benzene rings is 1. The molecular weight excluding hydrogens is 228 g/mol. The third-order valence-corrected chi connectivity index (χ3v) is 4.66. The Morgan fingerprint density at radius 1 is 1.53 bits per heavy atom. The number of thioether (sulfide) groups is 1. The van der Waals surface area contributed by atoms with E-state index in [0.717, 1.165) is 25.9 Å². The van der Waals surface area contributed by atoms with Crippen LogP contribution < -0.4 is 5.32 Å². The Balaban J connectivity index is 2.20. The van der Waals surface area contributed by atoms with E-state index in [-0.39, 0.29) is 5.25 Å². The molecule has 2 atom stereocenters. The minimum absolute atomic E-state index is 0.105. The Morgan fingerprint density at radius 2 is 2.35 bits per heavy atom. The molecule has 0 spiro atoms. The van der Waals surface area contributed by atoms with E-state index in [9.17, 15) is 0 Å². The Kier molecular flexibility index (Phi) is 4.47. The SMILES string of the molecule is CCC(C#N)SC1CNCCc2ccccc21. The van der Waals surface area contributed by atoms with Gasteiger partial charge in [-0.1, -0.05) is 31.2 Å². The second-order valence-corrected chi connectivity index (χ2v) is 5.71. The lowest BCUT2D eigenvalue weighted by Crippen LogP contribution is -2.20. The van der Waals surface area contributed by atoms with Gasteiger partial charge in [0, 0.05) is 11.8 Å². The van der Waals surface area contributed by atoms with Gasteiger partial charge < -0.3 is 5.32 Å². The van der Waals surface area contributed by atoms with Crippen LogP contribution in [0.1, 0.15) is 29.7 Å². The maximum atomic E-state index is 9.08. The molecule has 3 heteroatoms. The van der Waals surface area contributed by atoms with Crippen molar-refractivity contribution in [3.8, 4) is 6.07 Å². The Bertz CT molecular complexity index is 411. The molecule has 0 fully saturated rings. The summed E-state index contributed by atoms with van der Waals surface area (Å²) >= 11 is 1.80. The molecule has 1 N–H and O–H groups in total. The molecule has 1 aliphatic heterocycles. The molecule has 0 saturated carbocycles. The van der Waals surface area contributed by atoms with E-state index >= 15 is 0 Å². The third-order valence-electron chi connectivity index (χ3n) is 3.15. The van der Waals surface area contributed by atoms with Gasteiger partial charge in [0.05, 0.1) is 11.3 Å². The van der Waals surface area contributed by atoms with Crippen molar-refractivity contribution >= 4 is 11.8 Å². The third kappa shape index (κ3) is 3.02. The summed E-state index contributed by atoms with van der Waals surface area (Å²) in [6.45, 7) is 4.09. The highest BCUT2D eigenvalue weighted by Gasteiger charge is 2.21. The minimum atomic E-state index is 0.105. The van der Waals surface area contributed by atoms with Crippen LogP contribution in [0.25, 0.3) is 0 Å². The summed E-state index contributed by atoms with van der Waals surface area (Å²) in [6.07, 6.45) is 2.01. The maximum Gasteiger partial charge on any atom is 0.0920 e. The molecule has 0 aromatic heterocycles. The summed E-state index contributed by atoms with van der Waals surface area (Å²) < 4.78 is 0. The molecule has 1 aliphatic rings. The zero-order chi connectivity index (χ0) is 12.1. The first-order chi connectivity index (χ1) is 8.35. The van der Waals surface area contributed by atoms with Gasteiger partial charge in [0.1, 0.15) is 0 Å². The van der Waals surface area contributed by atoms with E-state index in [1.807, 2.05) is 0 Å². The zero-order valence-electron chi connectivity index (χ0n) is 10.1. The zero-order valence-corrected chi connectivity index (χ0v) is 11.0. The minimum Gasteiger partial charge on any atom is -0.315 e. The molecule has 2 rings (SSSR count). The van der Waals surface area contributed by atoms with Crippen LogP contribution in [-0.2, 0) is 6.42 Å². The number of hydrogen-bond donors (Lipinski definition) is 1. The van der Waals surface area contributed by atoms with Crippen LogP contribution in [0.2, 0.25) is 0 Å². The average molecular weight is 246 g/mol. The number of hydrogen-bond acceptors (Lipinski definition) is 3. The topological polar surface area (TPSA) is 35.8 Å². The molecular formula is C14H18N2S. The lowest BCUT2D eigenvalue weighted by atomic mass is 10.0. The lowest BCUT2D eigenvalue weighted by molar-refractivity contribution is 0.703. The molecule has 0 saturated heterocycles. The van der Waals surface area contributed by atoms with E-state index in [1.54, 1.807) is 11.8 Å². The first-order valence-corrected chi connectivity index (χ1v) is 7.13. The fourth-order valence-electron chi connectivity index (χ4n) is 2.18. The lowest BCUT2D eigenvalue weighted by Gasteiger charge is -2.19. The van der Waals surface area contributed by atoms with E-state index in [2.05, 4.69) is 42.6 Å². The smallest absolute Gasteiger partial charge is 0.0920 e. The van der Waals surface area contributed by atoms with Gasteiger partial charge in [0.2, 0.25) is 0 Å². The van der Waals surface area contributed by atoms with Crippen LogP contribution in [0.4, 0.5) is 0 Å². The highest BCUT2D eigenvalue weighted by molar-refractivity contribution is 8.00. The van der Waals surface area contributed by atoms with E-state index in [1.165, 1.54) is 11.1 Å².